The van der Waals surface area contributed by atoms with Crippen LogP contribution in [0, 0.1) is 10.1 Å². The lowest BCUT2D eigenvalue weighted by Crippen LogP contribution is -2.18. The highest BCUT2D eigenvalue weighted by Crippen LogP contribution is 2.29. The van der Waals surface area contributed by atoms with Crippen LogP contribution in [-0.2, 0) is 0 Å². The summed E-state index contributed by atoms with van der Waals surface area (Å²) in [5.41, 5.74) is 4.38. The fourth-order valence-corrected chi connectivity index (χ4v) is 1.04. The summed E-state index contributed by atoms with van der Waals surface area (Å²) in [5.74, 6) is -0.579. The lowest BCUT2D eigenvalue weighted by atomic mass is 10.1. The zero-order valence-electron chi connectivity index (χ0n) is 7.43. The Kier molecular flexibility index (Phi) is 3.15. The van der Waals surface area contributed by atoms with Gasteiger partial charge in [-0.05, 0) is 11.6 Å². The van der Waals surface area contributed by atoms with Crippen molar-refractivity contribution in [2.75, 3.05) is 0 Å². The number of benzene rings is 1. The number of halogens is 2. The molecule has 82 valence electrons. The Morgan fingerprint density at radius 3 is 2.53 bits per heavy atom. The molecule has 1 aromatic rings. The molecule has 1 aromatic carbocycles. The second-order valence-corrected chi connectivity index (χ2v) is 2.87. The molecule has 0 fully saturated rings. The predicted octanol–water partition coefficient (Wildman–Crippen LogP) is 1.57. The third kappa shape index (κ3) is 2.38. The van der Waals surface area contributed by atoms with Crippen LogP contribution >= 0.6 is 0 Å². The van der Waals surface area contributed by atoms with Gasteiger partial charge in [-0.25, -0.2) is 8.78 Å². The molecule has 0 saturated carbocycles. The van der Waals surface area contributed by atoms with Crippen molar-refractivity contribution in [3.8, 4) is 5.75 Å². The quantitative estimate of drug-likeness (QED) is 0.595. The first-order valence-corrected chi connectivity index (χ1v) is 3.94. The average molecular weight is 218 g/mol. The van der Waals surface area contributed by atoms with Gasteiger partial charge in [0.15, 0.2) is 5.75 Å². The molecule has 7 heteroatoms. The molecule has 0 radical (unpaired) electrons. The van der Waals surface area contributed by atoms with Gasteiger partial charge in [-0.3, -0.25) is 10.1 Å². The van der Waals surface area contributed by atoms with Gasteiger partial charge in [0.05, 0.1) is 11.0 Å². The number of nitrogens with two attached hydrogens (primary N) is 1. The SMILES string of the molecule is N[C@H](c1ccc(O)c([N+](=O)[O-])c1)C(F)F. The van der Waals surface area contributed by atoms with E-state index in [1.54, 1.807) is 0 Å². The van der Waals surface area contributed by atoms with Crippen LogP contribution < -0.4 is 5.73 Å². The van der Waals surface area contributed by atoms with Gasteiger partial charge in [0.2, 0.25) is 0 Å². The van der Waals surface area contributed by atoms with E-state index >= 15 is 0 Å². The molecule has 0 aliphatic heterocycles. The van der Waals surface area contributed by atoms with Gasteiger partial charge in [-0.15, -0.1) is 0 Å². The number of rotatable bonds is 3. The minimum Gasteiger partial charge on any atom is -0.502 e. The lowest BCUT2D eigenvalue weighted by molar-refractivity contribution is -0.385. The summed E-state index contributed by atoms with van der Waals surface area (Å²) in [6.45, 7) is 0. The fourth-order valence-electron chi connectivity index (χ4n) is 1.04. The predicted molar refractivity (Wildman–Crippen MR) is 47.7 cm³/mol. The van der Waals surface area contributed by atoms with Crippen molar-refractivity contribution < 1.29 is 18.8 Å². The zero-order chi connectivity index (χ0) is 11.6. The minimum absolute atomic E-state index is 0.0884. The second kappa shape index (κ2) is 4.18. The van der Waals surface area contributed by atoms with Crippen LogP contribution in [0.15, 0.2) is 18.2 Å². The van der Waals surface area contributed by atoms with Gasteiger partial charge in [0, 0.05) is 6.07 Å². The molecule has 3 N–H and O–H groups in total. The number of nitro benzene ring substituents is 1. The van der Waals surface area contributed by atoms with Crippen molar-refractivity contribution in [1.82, 2.24) is 0 Å². The number of nitrogens with zero attached hydrogens (tertiary/aromatic N) is 1. The first kappa shape index (κ1) is 11.3. The molecule has 0 saturated heterocycles. The van der Waals surface area contributed by atoms with Crippen LogP contribution in [0.5, 0.6) is 5.75 Å². The van der Waals surface area contributed by atoms with Crippen molar-refractivity contribution in [3.63, 3.8) is 0 Å². The van der Waals surface area contributed by atoms with E-state index in [0.717, 1.165) is 18.2 Å². The van der Waals surface area contributed by atoms with E-state index in [0.29, 0.717) is 0 Å². The summed E-state index contributed by atoms with van der Waals surface area (Å²) < 4.78 is 24.4. The number of nitro groups is 1. The topological polar surface area (TPSA) is 89.4 Å². The monoisotopic (exact) mass is 218 g/mol. The van der Waals surface area contributed by atoms with E-state index in [-0.39, 0.29) is 5.56 Å². The standard InChI is InChI=1S/C8H8F2N2O3/c9-8(10)7(11)4-1-2-6(13)5(3-4)12(14)15/h1-3,7-8,13H,11H2/t7-/m1/s1. The van der Waals surface area contributed by atoms with Gasteiger partial charge < -0.3 is 10.8 Å². The summed E-state index contributed by atoms with van der Waals surface area (Å²) in [7, 11) is 0. The molecule has 0 unspecified atom stereocenters. The number of aromatic hydroxyl groups is 1. The molecule has 0 spiro atoms. The molecule has 0 aromatic heterocycles. The molecule has 0 bridgehead atoms. The van der Waals surface area contributed by atoms with Crippen LogP contribution in [0.4, 0.5) is 14.5 Å². The molecule has 15 heavy (non-hydrogen) atoms. The van der Waals surface area contributed by atoms with Crippen molar-refractivity contribution in [2.45, 2.75) is 12.5 Å². The normalized spacial score (nSPS) is 12.8. The number of phenols is 1. The van der Waals surface area contributed by atoms with Crippen LogP contribution in [0.1, 0.15) is 11.6 Å². The van der Waals surface area contributed by atoms with E-state index in [1.165, 1.54) is 0 Å². The highest BCUT2D eigenvalue weighted by Gasteiger charge is 2.21. The molecule has 0 aliphatic carbocycles. The smallest absolute Gasteiger partial charge is 0.311 e. The maximum Gasteiger partial charge on any atom is 0.311 e. The summed E-state index contributed by atoms with van der Waals surface area (Å²) in [6, 6.07) is 1.34. The van der Waals surface area contributed by atoms with Crippen LogP contribution in [-0.4, -0.2) is 16.5 Å². The molecule has 1 rings (SSSR count). The highest BCUT2D eigenvalue weighted by atomic mass is 19.3. The summed E-state index contributed by atoms with van der Waals surface area (Å²) in [4.78, 5) is 9.52. The molecule has 5 nitrogen and oxygen atoms in total. The van der Waals surface area contributed by atoms with Gasteiger partial charge in [0.1, 0.15) is 0 Å². The fraction of sp³-hybridized carbons (Fsp3) is 0.250. The molecule has 1 atom stereocenters. The van der Waals surface area contributed by atoms with Crippen LogP contribution in [0.25, 0.3) is 0 Å². The largest absolute Gasteiger partial charge is 0.502 e. The molecular weight excluding hydrogens is 210 g/mol. The molecular formula is C8H8F2N2O3. The summed E-state index contributed by atoms with van der Waals surface area (Å²) in [6.07, 6.45) is -2.81. The van der Waals surface area contributed by atoms with E-state index in [4.69, 9.17) is 10.8 Å². The van der Waals surface area contributed by atoms with Gasteiger partial charge >= 0.3 is 5.69 Å². The third-order valence-corrected chi connectivity index (χ3v) is 1.85. The first-order chi connectivity index (χ1) is 6.93. The number of hydrogen-bond donors (Lipinski definition) is 2. The highest BCUT2D eigenvalue weighted by molar-refractivity contribution is 5.48. The average Bonchev–Trinajstić information content (AvgIpc) is 2.16. The van der Waals surface area contributed by atoms with Crippen LogP contribution in [0.3, 0.4) is 0 Å². The van der Waals surface area contributed by atoms with Gasteiger partial charge in [0.25, 0.3) is 6.43 Å². The Balaban J connectivity index is 3.13. The molecule has 0 amide bonds. The zero-order valence-corrected chi connectivity index (χ0v) is 7.43. The second-order valence-electron chi connectivity index (χ2n) is 2.87. The van der Waals surface area contributed by atoms with Gasteiger partial charge in [-0.2, -0.15) is 0 Å². The lowest BCUT2D eigenvalue weighted by Gasteiger charge is -2.10. The van der Waals surface area contributed by atoms with Crippen molar-refractivity contribution in [3.05, 3.63) is 33.9 Å². The maximum atomic E-state index is 12.2. The third-order valence-electron chi connectivity index (χ3n) is 1.85. The van der Waals surface area contributed by atoms with Gasteiger partial charge in [-0.1, -0.05) is 6.07 Å². The van der Waals surface area contributed by atoms with E-state index in [1.807, 2.05) is 0 Å². The van der Waals surface area contributed by atoms with Crippen molar-refractivity contribution >= 4 is 5.69 Å². The van der Waals surface area contributed by atoms with Crippen LogP contribution in [0.2, 0.25) is 0 Å². The molecule has 0 aliphatic rings. The van der Waals surface area contributed by atoms with E-state index < -0.39 is 28.8 Å². The Hall–Kier alpha value is -1.76. The number of alkyl halides is 2. The Bertz CT molecular complexity index is 384. The van der Waals surface area contributed by atoms with Crippen molar-refractivity contribution in [1.29, 1.82) is 0 Å². The Labute approximate surface area is 83.3 Å². The summed E-state index contributed by atoms with van der Waals surface area (Å²) >= 11 is 0. The van der Waals surface area contributed by atoms with Crippen molar-refractivity contribution in [2.24, 2.45) is 5.73 Å². The number of phenolic OH excluding ortho intramolecular Hbond substituents is 1. The Morgan fingerprint density at radius 2 is 2.07 bits per heavy atom. The molecule has 0 heterocycles. The van der Waals surface area contributed by atoms with E-state index in [2.05, 4.69) is 0 Å². The number of hydrogen-bond acceptors (Lipinski definition) is 4. The summed E-state index contributed by atoms with van der Waals surface area (Å²) in [5, 5.41) is 19.4. The Morgan fingerprint density at radius 1 is 1.47 bits per heavy atom. The maximum absolute atomic E-state index is 12.2. The minimum atomic E-state index is -2.81. The first-order valence-electron chi connectivity index (χ1n) is 3.94. The van der Waals surface area contributed by atoms with E-state index in [9.17, 15) is 18.9 Å².